The second-order valence-corrected chi connectivity index (χ2v) is 15.0. The number of carbonyl (C=O) groups is 2. The van der Waals surface area contributed by atoms with Gasteiger partial charge in [-0.05, 0) is 81.3 Å². The maximum atomic E-state index is 14.7. The first kappa shape index (κ1) is 35.8. The Kier molecular flexibility index (Phi) is 11.6. The van der Waals surface area contributed by atoms with Crippen LogP contribution in [0.25, 0.3) is 0 Å². The van der Waals surface area contributed by atoms with Crippen molar-refractivity contribution < 1.29 is 22.7 Å². The predicted molar refractivity (Wildman–Crippen MR) is 188 cm³/mol. The van der Waals surface area contributed by atoms with E-state index in [1.807, 2.05) is 58.0 Å². The fraction of sp³-hybridized carbons (Fsp3) is 0.278. The Morgan fingerprint density at radius 1 is 0.851 bits per heavy atom. The number of halogens is 2. The summed E-state index contributed by atoms with van der Waals surface area (Å²) in [6.07, 6.45) is 0.188. The highest BCUT2D eigenvalue weighted by molar-refractivity contribution is 7.92. The smallest absolute Gasteiger partial charge is 0.264 e. The van der Waals surface area contributed by atoms with Crippen molar-refractivity contribution in [2.24, 2.45) is 0 Å². The zero-order valence-corrected chi connectivity index (χ0v) is 29.4. The molecule has 1 unspecified atom stereocenters. The van der Waals surface area contributed by atoms with Gasteiger partial charge in [-0.15, -0.1) is 0 Å². The van der Waals surface area contributed by atoms with Gasteiger partial charge >= 0.3 is 0 Å². The van der Waals surface area contributed by atoms with Crippen LogP contribution < -0.4 is 14.4 Å². The van der Waals surface area contributed by atoms with Gasteiger partial charge in [0.15, 0.2) is 0 Å². The summed E-state index contributed by atoms with van der Waals surface area (Å²) in [7, 11) is -2.92. The number of ether oxygens (including phenoxy) is 1. The summed E-state index contributed by atoms with van der Waals surface area (Å²) in [4.78, 5) is 30.1. The average Bonchev–Trinajstić information content (AvgIpc) is 3.02. The fourth-order valence-electron chi connectivity index (χ4n) is 5.00. The highest BCUT2D eigenvalue weighted by Gasteiger charge is 2.36. The van der Waals surface area contributed by atoms with Gasteiger partial charge < -0.3 is 15.0 Å². The van der Waals surface area contributed by atoms with E-state index in [0.717, 1.165) is 15.4 Å². The number of rotatable bonds is 12. The first-order valence-electron chi connectivity index (χ1n) is 15.0. The van der Waals surface area contributed by atoms with Crippen LogP contribution >= 0.6 is 23.2 Å². The third-order valence-electron chi connectivity index (χ3n) is 7.33. The Hall–Kier alpha value is -4.05. The van der Waals surface area contributed by atoms with E-state index in [-0.39, 0.29) is 40.2 Å². The van der Waals surface area contributed by atoms with E-state index in [0.29, 0.717) is 10.6 Å². The van der Waals surface area contributed by atoms with Crippen molar-refractivity contribution >= 4 is 50.7 Å². The molecule has 0 spiro atoms. The Labute approximate surface area is 287 Å². The lowest BCUT2D eigenvalue weighted by molar-refractivity contribution is -0.140. The van der Waals surface area contributed by atoms with Crippen LogP contribution in [0.2, 0.25) is 10.0 Å². The third-order valence-corrected chi connectivity index (χ3v) is 9.59. The Balaban J connectivity index is 1.86. The van der Waals surface area contributed by atoms with Crippen LogP contribution in [0.4, 0.5) is 5.69 Å². The van der Waals surface area contributed by atoms with Gasteiger partial charge in [0.05, 0.1) is 17.7 Å². The predicted octanol–water partition coefficient (Wildman–Crippen LogP) is 7.06. The highest BCUT2D eigenvalue weighted by Crippen LogP contribution is 2.35. The molecule has 0 aliphatic carbocycles. The molecule has 248 valence electrons. The number of carbonyl (C=O) groups excluding carboxylic acids is 2. The number of nitrogens with one attached hydrogen (secondary N) is 1. The number of hydrogen-bond donors (Lipinski definition) is 1. The lowest BCUT2D eigenvalue weighted by Gasteiger charge is -2.35. The quantitative estimate of drug-likeness (QED) is 0.171. The van der Waals surface area contributed by atoms with E-state index in [9.17, 15) is 18.0 Å². The van der Waals surface area contributed by atoms with Crippen molar-refractivity contribution in [1.82, 2.24) is 10.2 Å². The molecule has 0 aromatic heterocycles. The molecule has 11 heteroatoms. The van der Waals surface area contributed by atoms with Gasteiger partial charge in [-0.3, -0.25) is 13.9 Å². The number of hydrogen-bond acceptors (Lipinski definition) is 5. The van der Waals surface area contributed by atoms with Crippen molar-refractivity contribution in [3.63, 3.8) is 0 Å². The van der Waals surface area contributed by atoms with Crippen molar-refractivity contribution in [2.45, 2.75) is 57.1 Å². The second kappa shape index (κ2) is 15.2. The summed E-state index contributed by atoms with van der Waals surface area (Å²) in [6.45, 7) is 6.79. The maximum absolute atomic E-state index is 14.7. The molecule has 0 heterocycles. The fourth-order valence-corrected chi connectivity index (χ4v) is 6.71. The minimum atomic E-state index is -4.33. The number of methoxy groups -OCH3 is 1. The molecule has 2 amide bonds. The molecule has 0 saturated carbocycles. The number of benzene rings is 4. The van der Waals surface area contributed by atoms with Crippen LogP contribution in [0, 0.1) is 6.92 Å². The van der Waals surface area contributed by atoms with E-state index in [2.05, 4.69) is 5.32 Å². The van der Waals surface area contributed by atoms with Gasteiger partial charge in [-0.1, -0.05) is 83.4 Å². The van der Waals surface area contributed by atoms with Gasteiger partial charge in [-0.25, -0.2) is 8.42 Å². The molecule has 4 rings (SSSR count). The lowest BCUT2D eigenvalue weighted by Crippen LogP contribution is -2.56. The Morgan fingerprint density at radius 2 is 1.47 bits per heavy atom. The zero-order valence-electron chi connectivity index (χ0n) is 27.0. The lowest BCUT2D eigenvalue weighted by atomic mass is 10.0. The summed E-state index contributed by atoms with van der Waals surface area (Å²) in [5.74, 6) is -0.784. The number of amides is 2. The van der Waals surface area contributed by atoms with Crippen molar-refractivity contribution in [2.75, 3.05) is 18.0 Å². The SMILES string of the molecule is COc1ccc(Cl)cc1N(CC(=O)N(Cc1ccc(Cl)cc1)C(Cc1ccccc1)C(=O)NC(C)(C)C)S(=O)(=O)c1ccc(C)cc1. The summed E-state index contributed by atoms with van der Waals surface area (Å²) in [5, 5.41) is 3.79. The van der Waals surface area contributed by atoms with E-state index in [1.165, 1.54) is 30.2 Å². The molecule has 47 heavy (non-hydrogen) atoms. The monoisotopic (exact) mass is 695 g/mol. The molecule has 4 aromatic rings. The molecule has 1 atom stereocenters. The zero-order chi connectivity index (χ0) is 34.4. The normalized spacial score (nSPS) is 12.2. The van der Waals surface area contributed by atoms with Crippen molar-refractivity contribution in [1.29, 1.82) is 0 Å². The van der Waals surface area contributed by atoms with E-state index in [4.69, 9.17) is 27.9 Å². The number of sulfonamides is 1. The molecule has 8 nitrogen and oxygen atoms in total. The third kappa shape index (κ3) is 9.50. The average molecular weight is 697 g/mol. The van der Waals surface area contributed by atoms with E-state index >= 15 is 0 Å². The largest absolute Gasteiger partial charge is 0.495 e. The van der Waals surface area contributed by atoms with Gasteiger partial charge in [0, 0.05) is 28.5 Å². The highest BCUT2D eigenvalue weighted by atomic mass is 35.5. The number of aryl methyl sites for hydroxylation is 1. The summed E-state index contributed by atoms with van der Waals surface area (Å²) >= 11 is 12.5. The number of nitrogens with zero attached hydrogens (tertiary/aromatic N) is 2. The van der Waals surface area contributed by atoms with Crippen molar-refractivity contribution in [3.05, 3.63) is 124 Å². The summed E-state index contributed by atoms with van der Waals surface area (Å²) in [5.41, 5.74) is 1.89. The minimum absolute atomic E-state index is 0.0101. The Morgan fingerprint density at radius 3 is 2.06 bits per heavy atom. The van der Waals surface area contributed by atoms with Gasteiger partial charge in [0.1, 0.15) is 18.3 Å². The van der Waals surface area contributed by atoms with Gasteiger partial charge in [0.25, 0.3) is 10.0 Å². The second-order valence-electron chi connectivity index (χ2n) is 12.2. The molecule has 0 saturated heterocycles. The van der Waals surface area contributed by atoms with Crippen LogP contribution in [0.3, 0.4) is 0 Å². The molecule has 0 fully saturated rings. The van der Waals surface area contributed by atoms with Gasteiger partial charge in [0.2, 0.25) is 11.8 Å². The van der Waals surface area contributed by atoms with Gasteiger partial charge in [-0.2, -0.15) is 0 Å². The summed E-state index contributed by atoms with van der Waals surface area (Å²) in [6, 6.07) is 26.2. The first-order valence-corrected chi connectivity index (χ1v) is 17.2. The summed E-state index contributed by atoms with van der Waals surface area (Å²) < 4.78 is 35.2. The van der Waals surface area contributed by atoms with Crippen LogP contribution in [0.15, 0.2) is 102 Å². The molecule has 0 radical (unpaired) electrons. The van der Waals surface area contributed by atoms with Crippen LogP contribution in [-0.4, -0.2) is 50.4 Å². The van der Waals surface area contributed by atoms with Crippen LogP contribution in [-0.2, 0) is 32.6 Å². The molecular weight excluding hydrogens is 657 g/mol. The molecule has 0 bridgehead atoms. The first-order chi connectivity index (χ1) is 22.2. The maximum Gasteiger partial charge on any atom is 0.264 e. The van der Waals surface area contributed by atoms with E-state index in [1.54, 1.807) is 48.5 Å². The standard InChI is InChI=1S/C36H39Cl2N3O5S/c1-25-11-18-30(19-12-25)47(44,45)41(31-22-29(38)17-20-33(31)46-5)24-34(42)40(23-27-13-15-28(37)16-14-27)32(35(43)39-36(2,3)4)21-26-9-7-6-8-10-26/h6-20,22,32H,21,23-24H2,1-5H3,(H,39,43). The molecule has 0 aliphatic heterocycles. The number of anilines is 1. The van der Waals surface area contributed by atoms with E-state index < -0.39 is 34.1 Å². The minimum Gasteiger partial charge on any atom is -0.495 e. The molecule has 1 N–H and O–H groups in total. The van der Waals surface area contributed by atoms with Crippen LogP contribution in [0.5, 0.6) is 5.75 Å². The molecular formula is C36H39Cl2N3O5S. The molecule has 0 aliphatic rings. The molecule has 4 aromatic carbocycles. The Bertz CT molecular complexity index is 1790. The van der Waals surface area contributed by atoms with Crippen molar-refractivity contribution in [3.8, 4) is 5.75 Å². The topological polar surface area (TPSA) is 96.0 Å². The van der Waals surface area contributed by atoms with Crippen LogP contribution in [0.1, 0.15) is 37.5 Å².